The first-order valence-corrected chi connectivity index (χ1v) is 7.59. The molecule has 0 fully saturated rings. The van der Waals surface area contributed by atoms with E-state index in [-0.39, 0.29) is 5.57 Å². The van der Waals surface area contributed by atoms with Gasteiger partial charge in [-0.05, 0) is 34.5 Å². The van der Waals surface area contributed by atoms with E-state index in [9.17, 15) is 9.90 Å². The van der Waals surface area contributed by atoms with Gasteiger partial charge in [0.15, 0.2) is 0 Å². The lowest BCUT2D eigenvalue weighted by Gasteiger charge is -2.07. The number of aromatic amines is 1. The van der Waals surface area contributed by atoms with E-state index in [1.165, 1.54) is 0 Å². The van der Waals surface area contributed by atoms with Crippen LogP contribution in [0.4, 0.5) is 0 Å². The summed E-state index contributed by atoms with van der Waals surface area (Å²) in [5.41, 5.74) is 2.52. The molecule has 2 N–H and O–H groups in total. The van der Waals surface area contributed by atoms with Crippen molar-refractivity contribution in [2.24, 2.45) is 0 Å². The van der Waals surface area contributed by atoms with Gasteiger partial charge < -0.3 is 10.1 Å². The van der Waals surface area contributed by atoms with Gasteiger partial charge in [-0.2, -0.15) is 0 Å². The second-order valence-electron chi connectivity index (χ2n) is 5.53. The molecule has 0 aliphatic rings. The van der Waals surface area contributed by atoms with Crippen molar-refractivity contribution >= 4 is 39.4 Å². The highest BCUT2D eigenvalue weighted by Gasteiger charge is 2.14. The Morgan fingerprint density at radius 1 is 1.00 bits per heavy atom. The Morgan fingerprint density at radius 2 is 1.79 bits per heavy atom. The highest BCUT2D eigenvalue weighted by molar-refractivity contribution is 6.24. The Hall–Kier alpha value is -3.40. The third kappa shape index (κ3) is 2.34. The quantitative estimate of drug-likeness (QED) is 0.553. The van der Waals surface area contributed by atoms with E-state index in [1.807, 2.05) is 54.6 Å². The number of nitrogens with one attached hydrogen (secondary N) is 1. The number of hydrogen-bond acceptors (Lipinski definition) is 2. The molecule has 0 spiro atoms. The van der Waals surface area contributed by atoms with Gasteiger partial charge in [0.1, 0.15) is 5.65 Å². The number of nitrogens with zero attached hydrogens (tertiary/aromatic N) is 1. The molecule has 0 saturated heterocycles. The number of fused-ring (bicyclic) bond motifs is 2. The van der Waals surface area contributed by atoms with Gasteiger partial charge in [0.05, 0.1) is 5.57 Å². The van der Waals surface area contributed by atoms with Gasteiger partial charge in [-0.1, -0.05) is 42.5 Å². The minimum absolute atomic E-state index is 0.261. The third-order valence-corrected chi connectivity index (χ3v) is 4.09. The summed E-state index contributed by atoms with van der Waals surface area (Å²) >= 11 is 0. The summed E-state index contributed by atoms with van der Waals surface area (Å²) in [6, 6.07) is 17.3. The Balaban J connectivity index is 1.96. The van der Waals surface area contributed by atoms with E-state index < -0.39 is 5.97 Å². The SMILES string of the molecule is O=C(O)/C(=C\c1c[nH]c2ncccc12)c1cccc2ccccc12. The molecule has 2 aromatic carbocycles. The predicted molar refractivity (Wildman–Crippen MR) is 95.5 cm³/mol. The normalized spacial score (nSPS) is 11.9. The molecule has 0 bridgehead atoms. The van der Waals surface area contributed by atoms with Gasteiger partial charge in [0, 0.05) is 23.3 Å². The smallest absolute Gasteiger partial charge is 0.336 e. The zero-order valence-electron chi connectivity index (χ0n) is 12.7. The Labute approximate surface area is 138 Å². The molecule has 2 heterocycles. The number of aliphatic carboxylic acids is 1. The van der Waals surface area contributed by atoms with Gasteiger partial charge in [0.25, 0.3) is 0 Å². The lowest BCUT2D eigenvalue weighted by molar-refractivity contribution is -0.130. The van der Waals surface area contributed by atoms with Crippen molar-refractivity contribution < 1.29 is 9.90 Å². The number of pyridine rings is 1. The van der Waals surface area contributed by atoms with Gasteiger partial charge in [-0.15, -0.1) is 0 Å². The van der Waals surface area contributed by atoms with Gasteiger partial charge in [0.2, 0.25) is 0 Å². The monoisotopic (exact) mass is 314 g/mol. The largest absolute Gasteiger partial charge is 0.478 e. The minimum atomic E-state index is -0.954. The summed E-state index contributed by atoms with van der Waals surface area (Å²) < 4.78 is 0. The average molecular weight is 314 g/mol. The maximum Gasteiger partial charge on any atom is 0.336 e. The molecule has 4 aromatic rings. The van der Waals surface area contributed by atoms with Crippen molar-refractivity contribution in [3.8, 4) is 0 Å². The molecule has 0 unspecified atom stereocenters. The molecule has 24 heavy (non-hydrogen) atoms. The van der Waals surface area contributed by atoms with E-state index in [4.69, 9.17) is 0 Å². The number of carboxylic acids is 1. The summed E-state index contributed by atoms with van der Waals surface area (Å²) in [7, 11) is 0. The highest BCUT2D eigenvalue weighted by Crippen LogP contribution is 2.28. The van der Waals surface area contributed by atoms with Crippen LogP contribution in [0, 0.1) is 0 Å². The molecule has 0 radical (unpaired) electrons. The molecule has 0 aliphatic carbocycles. The first-order chi connectivity index (χ1) is 11.7. The van der Waals surface area contributed by atoms with E-state index in [2.05, 4.69) is 9.97 Å². The van der Waals surface area contributed by atoms with Gasteiger partial charge >= 0.3 is 5.97 Å². The van der Waals surface area contributed by atoms with Crippen LogP contribution in [0.3, 0.4) is 0 Å². The Kier molecular flexibility index (Phi) is 3.35. The lowest BCUT2D eigenvalue weighted by atomic mass is 9.96. The number of carbonyl (C=O) groups is 1. The van der Waals surface area contributed by atoms with Gasteiger partial charge in [-0.25, -0.2) is 9.78 Å². The molecule has 0 aliphatic heterocycles. The average Bonchev–Trinajstić information content (AvgIpc) is 3.02. The van der Waals surface area contributed by atoms with Crippen molar-refractivity contribution in [2.75, 3.05) is 0 Å². The number of benzene rings is 2. The van der Waals surface area contributed by atoms with Crippen LogP contribution in [0.1, 0.15) is 11.1 Å². The van der Waals surface area contributed by atoms with Crippen LogP contribution in [0.25, 0.3) is 33.5 Å². The lowest BCUT2D eigenvalue weighted by Crippen LogP contribution is -2.00. The second kappa shape index (κ2) is 5.66. The zero-order valence-corrected chi connectivity index (χ0v) is 12.7. The van der Waals surface area contributed by atoms with Crippen molar-refractivity contribution in [1.29, 1.82) is 0 Å². The van der Waals surface area contributed by atoms with Gasteiger partial charge in [-0.3, -0.25) is 0 Å². The maximum absolute atomic E-state index is 11.9. The maximum atomic E-state index is 11.9. The van der Waals surface area contributed by atoms with Crippen LogP contribution >= 0.6 is 0 Å². The molecule has 116 valence electrons. The van der Waals surface area contributed by atoms with Crippen molar-refractivity contribution in [3.05, 3.63) is 78.1 Å². The van der Waals surface area contributed by atoms with Crippen LogP contribution in [0.2, 0.25) is 0 Å². The Bertz CT molecular complexity index is 1090. The molecule has 0 atom stereocenters. The predicted octanol–water partition coefficient (Wildman–Crippen LogP) is 4.34. The summed E-state index contributed by atoms with van der Waals surface area (Å²) in [5.74, 6) is -0.954. The first-order valence-electron chi connectivity index (χ1n) is 7.59. The molecular formula is C20H14N2O2. The fourth-order valence-corrected chi connectivity index (χ4v) is 2.97. The van der Waals surface area contributed by atoms with Crippen LogP contribution < -0.4 is 0 Å². The standard InChI is InChI=1S/C20H14N2O2/c23-20(24)18(11-14-12-22-19-16(14)9-4-10-21-19)17-8-3-6-13-5-1-2-7-15(13)17/h1-12H,(H,21,22)(H,23,24)/b18-11-. The van der Waals surface area contributed by atoms with E-state index in [1.54, 1.807) is 18.5 Å². The number of hydrogen-bond donors (Lipinski definition) is 2. The molecule has 4 rings (SSSR count). The summed E-state index contributed by atoms with van der Waals surface area (Å²) in [5, 5.41) is 12.6. The summed E-state index contributed by atoms with van der Waals surface area (Å²) in [4.78, 5) is 19.2. The highest BCUT2D eigenvalue weighted by atomic mass is 16.4. The van der Waals surface area contributed by atoms with Crippen LogP contribution in [-0.2, 0) is 4.79 Å². The molecule has 2 aromatic heterocycles. The van der Waals surface area contributed by atoms with Crippen LogP contribution in [-0.4, -0.2) is 21.0 Å². The minimum Gasteiger partial charge on any atom is -0.478 e. The zero-order chi connectivity index (χ0) is 16.5. The van der Waals surface area contributed by atoms with E-state index in [0.29, 0.717) is 5.56 Å². The number of aromatic nitrogens is 2. The number of H-pyrrole nitrogens is 1. The molecule has 4 nitrogen and oxygen atoms in total. The van der Waals surface area contributed by atoms with Crippen LogP contribution in [0.15, 0.2) is 67.0 Å². The van der Waals surface area contributed by atoms with Crippen molar-refractivity contribution in [1.82, 2.24) is 9.97 Å². The van der Waals surface area contributed by atoms with E-state index >= 15 is 0 Å². The Morgan fingerprint density at radius 3 is 2.67 bits per heavy atom. The molecule has 0 amide bonds. The summed E-state index contributed by atoms with van der Waals surface area (Å²) in [6.45, 7) is 0. The van der Waals surface area contributed by atoms with Crippen molar-refractivity contribution in [2.45, 2.75) is 0 Å². The second-order valence-corrected chi connectivity index (χ2v) is 5.53. The molecule has 4 heteroatoms. The third-order valence-electron chi connectivity index (χ3n) is 4.09. The van der Waals surface area contributed by atoms with E-state index in [0.717, 1.165) is 27.4 Å². The topological polar surface area (TPSA) is 66.0 Å². The number of carboxylic acid groups (broad SMARTS) is 1. The van der Waals surface area contributed by atoms with Crippen molar-refractivity contribution in [3.63, 3.8) is 0 Å². The summed E-state index contributed by atoms with van der Waals surface area (Å²) in [6.07, 6.45) is 5.19. The molecular weight excluding hydrogens is 300 g/mol. The number of rotatable bonds is 3. The van der Waals surface area contributed by atoms with Crippen LogP contribution in [0.5, 0.6) is 0 Å². The first kappa shape index (κ1) is 14.2. The fraction of sp³-hybridized carbons (Fsp3) is 0. The fourth-order valence-electron chi connectivity index (χ4n) is 2.97. The molecule has 0 saturated carbocycles.